The summed E-state index contributed by atoms with van der Waals surface area (Å²) in [6.07, 6.45) is 5.12. The summed E-state index contributed by atoms with van der Waals surface area (Å²) in [4.78, 5) is 2.55. The van der Waals surface area contributed by atoms with Gasteiger partial charge in [0.2, 0.25) is 0 Å². The number of piperidine rings is 1. The van der Waals surface area contributed by atoms with Crippen molar-refractivity contribution in [2.24, 2.45) is 0 Å². The van der Waals surface area contributed by atoms with Gasteiger partial charge in [-0.3, -0.25) is 4.90 Å². The van der Waals surface area contributed by atoms with Crippen LogP contribution in [0.2, 0.25) is 10.0 Å². The maximum Gasteiger partial charge on any atom is 0.0637 e. The van der Waals surface area contributed by atoms with Crippen molar-refractivity contribution >= 4 is 23.2 Å². The van der Waals surface area contributed by atoms with Crippen molar-refractivity contribution < 1.29 is 0 Å². The average Bonchev–Trinajstić information content (AvgIpc) is 2.43. The standard InChI is InChI=1S/C15H22Cl2N2/c1-18-9-8-13-6-2-3-10-19(13)11-12-5-4-7-14(16)15(12)17/h4-5,7,13,18H,2-3,6,8-11H2,1H3. The lowest BCUT2D eigenvalue weighted by Gasteiger charge is -2.36. The predicted molar refractivity (Wildman–Crippen MR) is 83.1 cm³/mol. The Balaban J connectivity index is 2.04. The Morgan fingerprint density at radius 2 is 2.16 bits per heavy atom. The molecule has 1 aromatic rings. The molecule has 0 spiro atoms. The molecule has 1 aromatic carbocycles. The van der Waals surface area contributed by atoms with E-state index in [1.807, 2.05) is 19.2 Å². The van der Waals surface area contributed by atoms with Gasteiger partial charge in [0, 0.05) is 12.6 Å². The molecule has 0 saturated carbocycles. The lowest BCUT2D eigenvalue weighted by atomic mass is 9.98. The first-order valence-corrected chi connectivity index (χ1v) is 7.79. The Morgan fingerprint density at radius 1 is 1.32 bits per heavy atom. The molecular weight excluding hydrogens is 279 g/mol. The van der Waals surface area contributed by atoms with Crippen molar-refractivity contribution in [3.63, 3.8) is 0 Å². The molecule has 0 amide bonds. The lowest BCUT2D eigenvalue weighted by Crippen LogP contribution is -2.40. The molecule has 4 heteroatoms. The first-order chi connectivity index (χ1) is 9.22. The van der Waals surface area contributed by atoms with Gasteiger partial charge in [-0.25, -0.2) is 0 Å². The predicted octanol–water partition coefficient (Wildman–Crippen LogP) is 3.96. The summed E-state index contributed by atoms with van der Waals surface area (Å²) in [5.41, 5.74) is 1.14. The third-order valence-electron chi connectivity index (χ3n) is 3.88. The van der Waals surface area contributed by atoms with Gasteiger partial charge in [0.05, 0.1) is 10.0 Å². The third kappa shape index (κ3) is 4.09. The Morgan fingerprint density at radius 3 is 2.95 bits per heavy atom. The molecule has 1 aliphatic rings. The van der Waals surface area contributed by atoms with Gasteiger partial charge in [-0.2, -0.15) is 0 Å². The smallest absolute Gasteiger partial charge is 0.0637 e. The van der Waals surface area contributed by atoms with Crippen LogP contribution in [0.15, 0.2) is 18.2 Å². The highest BCUT2D eigenvalue weighted by Crippen LogP contribution is 2.29. The Kier molecular flexibility index (Phi) is 5.96. The van der Waals surface area contributed by atoms with E-state index in [4.69, 9.17) is 23.2 Å². The van der Waals surface area contributed by atoms with E-state index in [1.165, 1.54) is 25.7 Å². The van der Waals surface area contributed by atoms with Crippen molar-refractivity contribution in [1.82, 2.24) is 10.2 Å². The number of hydrogen-bond acceptors (Lipinski definition) is 2. The van der Waals surface area contributed by atoms with Gasteiger partial charge in [-0.05, 0) is 51.0 Å². The molecule has 1 aliphatic heterocycles. The molecule has 1 unspecified atom stereocenters. The van der Waals surface area contributed by atoms with Gasteiger partial charge >= 0.3 is 0 Å². The molecule has 0 bridgehead atoms. The highest BCUT2D eigenvalue weighted by molar-refractivity contribution is 6.42. The van der Waals surface area contributed by atoms with Gasteiger partial charge in [-0.1, -0.05) is 41.8 Å². The molecule has 1 fully saturated rings. The molecule has 1 saturated heterocycles. The number of halogens is 2. The van der Waals surface area contributed by atoms with Gasteiger partial charge in [0.1, 0.15) is 0 Å². The van der Waals surface area contributed by atoms with Crippen LogP contribution in [-0.4, -0.2) is 31.1 Å². The summed E-state index contributed by atoms with van der Waals surface area (Å²) in [6, 6.07) is 6.58. The number of hydrogen-bond donors (Lipinski definition) is 1. The van der Waals surface area contributed by atoms with Crippen LogP contribution in [0, 0.1) is 0 Å². The zero-order valence-electron chi connectivity index (χ0n) is 11.5. The fourth-order valence-electron chi connectivity index (χ4n) is 2.80. The molecule has 106 valence electrons. The second-order valence-corrected chi connectivity index (χ2v) is 6.01. The van der Waals surface area contributed by atoms with E-state index in [2.05, 4.69) is 16.3 Å². The molecule has 0 aliphatic carbocycles. The molecular formula is C15H22Cl2N2. The molecule has 2 rings (SSSR count). The van der Waals surface area contributed by atoms with Crippen LogP contribution in [0.25, 0.3) is 0 Å². The summed E-state index contributed by atoms with van der Waals surface area (Å²) in [6.45, 7) is 3.15. The Bertz CT molecular complexity index is 409. The zero-order valence-corrected chi connectivity index (χ0v) is 13.0. The van der Waals surface area contributed by atoms with E-state index in [0.29, 0.717) is 16.1 Å². The van der Waals surface area contributed by atoms with Crippen molar-refractivity contribution in [2.45, 2.75) is 38.3 Å². The third-order valence-corrected chi connectivity index (χ3v) is 4.74. The van der Waals surface area contributed by atoms with Crippen LogP contribution in [0.4, 0.5) is 0 Å². The van der Waals surface area contributed by atoms with Crippen LogP contribution in [0.1, 0.15) is 31.2 Å². The Hall–Kier alpha value is -0.280. The summed E-state index contributed by atoms with van der Waals surface area (Å²) in [5.74, 6) is 0. The first kappa shape index (κ1) is 15.1. The monoisotopic (exact) mass is 300 g/mol. The molecule has 1 atom stereocenters. The number of rotatable bonds is 5. The summed E-state index contributed by atoms with van der Waals surface area (Å²) >= 11 is 12.4. The van der Waals surface area contributed by atoms with Crippen molar-refractivity contribution in [3.8, 4) is 0 Å². The Labute approximate surface area is 126 Å². The maximum absolute atomic E-state index is 6.29. The average molecular weight is 301 g/mol. The molecule has 1 N–H and O–H groups in total. The number of nitrogens with one attached hydrogen (secondary N) is 1. The minimum Gasteiger partial charge on any atom is -0.320 e. The fourth-order valence-corrected chi connectivity index (χ4v) is 3.18. The van der Waals surface area contributed by atoms with E-state index in [1.54, 1.807) is 0 Å². The normalized spacial score (nSPS) is 20.7. The minimum absolute atomic E-state index is 0.656. The highest BCUT2D eigenvalue weighted by Gasteiger charge is 2.22. The quantitative estimate of drug-likeness (QED) is 0.885. The van der Waals surface area contributed by atoms with Gasteiger partial charge in [-0.15, -0.1) is 0 Å². The van der Waals surface area contributed by atoms with Crippen LogP contribution in [0.5, 0.6) is 0 Å². The number of likely N-dealkylation sites (tertiary alicyclic amines) is 1. The zero-order chi connectivity index (χ0) is 13.7. The SMILES string of the molecule is CNCCC1CCCCN1Cc1cccc(Cl)c1Cl. The van der Waals surface area contributed by atoms with E-state index >= 15 is 0 Å². The second kappa shape index (κ2) is 7.49. The van der Waals surface area contributed by atoms with E-state index in [-0.39, 0.29) is 0 Å². The van der Waals surface area contributed by atoms with E-state index in [9.17, 15) is 0 Å². The molecule has 0 radical (unpaired) electrons. The van der Waals surface area contributed by atoms with E-state index in [0.717, 1.165) is 25.2 Å². The first-order valence-electron chi connectivity index (χ1n) is 7.04. The fraction of sp³-hybridized carbons (Fsp3) is 0.600. The molecule has 19 heavy (non-hydrogen) atoms. The van der Waals surface area contributed by atoms with Gasteiger partial charge in [0.25, 0.3) is 0 Å². The minimum atomic E-state index is 0.656. The molecule has 0 aromatic heterocycles. The number of benzene rings is 1. The van der Waals surface area contributed by atoms with Gasteiger partial charge < -0.3 is 5.32 Å². The van der Waals surface area contributed by atoms with Gasteiger partial charge in [0.15, 0.2) is 0 Å². The van der Waals surface area contributed by atoms with Crippen LogP contribution < -0.4 is 5.32 Å². The van der Waals surface area contributed by atoms with Crippen LogP contribution >= 0.6 is 23.2 Å². The highest BCUT2D eigenvalue weighted by atomic mass is 35.5. The summed E-state index contributed by atoms with van der Waals surface area (Å²) in [7, 11) is 2.01. The molecule has 2 nitrogen and oxygen atoms in total. The molecule has 1 heterocycles. The summed E-state index contributed by atoms with van der Waals surface area (Å²) in [5, 5.41) is 4.61. The lowest BCUT2D eigenvalue weighted by molar-refractivity contribution is 0.132. The van der Waals surface area contributed by atoms with Crippen molar-refractivity contribution in [1.29, 1.82) is 0 Å². The largest absolute Gasteiger partial charge is 0.320 e. The van der Waals surface area contributed by atoms with Crippen LogP contribution in [-0.2, 0) is 6.54 Å². The van der Waals surface area contributed by atoms with E-state index < -0.39 is 0 Å². The maximum atomic E-state index is 6.29. The van der Waals surface area contributed by atoms with Crippen molar-refractivity contribution in [3.05, 3.63) is 33.8 Å². The summed E-state index contributed by atoms with van der Waals surface area (Å²) < 4.78 is 0. The van der Waals surface area contributed by atoms with Crippen LogP contribution in [0.3, 0.4) is 0 Å². The van der Waals surface area contributed by atoms with Crippen molar-refractivity contribution in [2.75, 3.05) is 20.1 Å². The topological polar surface area (TPSA) is 15.3 Å². The second-order valence-electron chi connectivity index (χ2n) is 5.23. The number of nitrogens with zero attached hydrogens (tertiary/aromatic N) is 1.